The molecule has 1 aliphatic rings. The highest BCUT2D eigenvalue weighted by atomic mass is 16.5. The summed E-state index contributed by atoms with van der Waals surface area (Å²) in [5.41, 5.74) is 4.94. The van der Waals surface area contributed by atoms with Crippen molar-refractivity contribution in [2.24, 2.45) is 0 Å². The number of rotatable bonds is 5. The minimum Gasteiger partial charge on any atom is -0.380 e. The second-order valence-corrected chi connectivity index (χ2v) is 6.28. The predicted octanol–water partition coefficient (Wildman–Crippen LogP) is 3.62. The predicted molar refractivity (Wildman–Crippen MR) is 97.0 cm³/mol. The fraction of sp³-hybridized carbons (Fsp3) is 0.350. The molecule has 4 rings (SSSR count). The highest BCUT2D eigenvalue weighted by Crippen LogP contribution is 2.33. The highest BCUT2D eigenvalue weighted by Gasteiger charge is 2.23. The second-order valence-electron chi connectivity index (χ2n) is 6.28. The number of hydrogen-bond donors (Lipinski definition) is 1. The van der Waals surface area contributed by atoms with Crippen molar-refractivity contribution in [2.75, 3.05) is 26.3 Å². The van der Waals surface area contributed by atoms with Gasteiger partial charge in [0.05, 0.1) is 12.3 Å². The first-order valence-electron chi connectivity index (χ1n) is 8.71. The molecule has 0 spiro atoms. The molecule has 0 amide bonds. The Balaban J connectivity index is 1.67. The van der Waals surface area contributed by atoms with Gasteiger partial charge in [-0.1, -0.05) is 42.5 Å². The molecular formula is C20H23N3O. The van der Waals surface area contributed by atoms with Crippen molar-refractivity contribution < 1.29 is 4.74 Å². The van der Waals surface area contributed by atoms with Gasteiger partial charge in [-0.25, -0.2) is 0 Å². The molecule has 3 aromatic rings. The smallest absolute Gasteiger partial charge is 0.0974 e. The number of benzene rings is 2. The molecule has 4 nitrogen and oxygen atoms in total. The Bertz CT molecular complexity index is 835. The van der Waals surface area contributed by atoms with Gasteiger partial charge in [0, 0.05) is 49.5 Å². The number of fused-ring (bicyclic) bond motifs is 2. The number of hydrogen-bond acceptors (Lipinski definition) is 3. The number of aromatic amines is 1. The average Bonchev–Trinajstić information content (AvgIpc) is 3.04. The maximum Gasteiger partial charge on any atom is 0.0974 e. The summed E-state index contributed by atoms with van der Waals surface area (Å²) in [6.45, 7) is 6.62. The summed E-state index contributed by atoms with van der Waals surface area (Å²) in [4.78, 5) is 2.46. The summed E-state index contributed by atoms with van der Waals surface area (Å²) in [6, 6.07) is 15.0. The van der Waals surface area contributed by atoms with Crippen LogP contribution < -0.4 is 0 Å². The van der Waals surface area contributed by atoms with Crippen LogP contribution in [0.2, 0.25) is 0 Å². The van der Waals surface area contributed by atoms with Gasteiger partial charge < -0.3 is 4.74 Å². The molecule has 0 bridgehead atoms. The zero-order valence-electron chi connectivity index (χ0n) is 14.1. The Morgan fingerprint density at radius 1 is 1.17 bits per heavy atom. The van der Waals surface area contributed by atoms with Crippen LogP contribution in [0.5, 0.6) is 0 Å². The van der Waals surface area contributed by atoms with Gasteiger partial charge in [0.1, 0.15) is 0 Å². The number of nitrogens with one attached hydrogen (secondary N) is 1. The van der Waals surface area contributed by atoms with Crippen LogP contribution in [0.25, 0.3) is 22.0 Å². The summed E-state index contributed by atoms with van der Waals surface area (Å²) < 4.78 is 5.51. The van der Waals surface area contributed by atoms with Crippen LogP contribution in [0.15, 0.2) is 42.5 Å². The topological polar surface area (TPSA) is 41.1 Å². The quantitative estimate of drug-likeness (QED) is 0.730. The number of H-pyrrole nitrogens is 1. The maximum absolute atomic E-state index is 5.51. The van der Waals surface area contributed by atoms with Gasteiger partial charge in [0.15, 0.2) is 0 Å². The lowest BCUT2D eigenvalue weighted by molar-refractivity contribution is 0.108. The minimum atomic E-state index is 0.784. The van der Waals surface area contributed by atoms with E-state index in [4.69, 9.17) is 4.74 Å². The van der Waals surface area contributed by atoms with Gasteiger partial charge in [-0.15, -0.1) is 0 Å². The molecule has 2 aromatic carbocycles. The van der Waals surface area contributed by atoms with Crippen molar-refractivity contribution in [3.05, 3.63) is 53.7 Å². The van der Waals surface area contributed by atoms with E-state index in [2.05, 4.69) is 57.6 Å². The molecule has 0 saturated carbocycles. The molecular weight excluding hydrogens is 298 g/mol. The van der Waals surface area contributed by atoms with E-state index in [1.54, 1.807) is 0 Å². The lowest BCUT2D eigenvalue weighted by Crippen LogP contribution is -2.33. The largest absolute Gasteiger partial charge is 0.380 e. The average molecular weight is 321 g/mol. The first-order chi connectivity index (χ1) is 11.9. The fourth-order valence-electron chi connectivity index (χ4n) is 3.53. The lowest BCUT2D eigenvalue weighted by Gasteiger charge is -2.26. The van der Waals surface area contributed by atoms with Crippen molar-refractivity contribution in [3.8, 4) is 11.3 Å². The normalized spacial score (nSPS) is 14.9. The van der Waals surface area contributed by atoms with Crippen molar-refractivity contribution >= 4 is 10.8 Å². The van der Waals surface area contributed by atoms with Crippen LogP contribution in [-0.2, 0) is 17.7 Å². The number of aromatic nitrogens is 2. The molecule has 24 heavy (non-hydrogen) atoms. The van der Waals surface area contributed by atoms with Crippen LogP contribution in [0.3, 0.4) is 0 Å². The molecule has 2 heterocycles. The molecule has 124 valence electrons. The molecule has 4 heteroatoms. The Kier molecular flexibility index (Phi) is 4.32. The van der Waals surface area contributed by atoms with E-state index in [-0.39, 0.29) is 0 Å². The van der Waals surface area contributed by atoms with Gasteiger partial charge in [-0.3, -0.25) is 10.00 Å². The van der Waals surface area contributed by atoms with Gasteiger partial charge in [0.25, 0.3) is 0 Å². The van der Waals surface area contributed by atoms with E-state index in [1.165, 1.54) is 27.6 Å². The van der Waals surface area contributed by atoms with E-state index in [0.717, 1.165) is 45.0 Å². The second kappa shape index (κ2) is 6.75. The fourth-order valence-corrected chi connectivity index (χ4v) is 3.53. The Labute approximate surface area is 142 Å². The zero-order valence-corrected chi connectivity index (χ0v) is 14.1. The van der Waals surface area contributed by atoms with E-state index < -0.39 is 0 Å². The minimum absolute atomic E-state index is 0.784. The number of nitrogens with zero attached hydrogens (tertiary/aromatic N) is 2. The van der Waals surface area contributed by atoms with Crippen LogP contribution in [0, 0.1) is 0 Å². The van der Waals surface area contributed by atoms with Crippen LogP contribution in [0.1, 0.15) is 18.2 Å². The first-order valence-corrected chi connectivity index (χ1v) is 8.71. The molecule has 1 N–H and O–H groups in total. The lowest BCUT2D eigenvalue weighted by atomic mass is 9.97. The summed E-state index contributed by atoms with van der Waals surface area (Å²) in [7, 11) is 0. The first kappa shape index (κ1) is 15.4. The standard InChI is InChI=1S/C20H23N3O/c1-2-24-13-12-23-11-10-19-18(14-23)20(22-21-19)17-9-5-7-15-6-3-4-8-16(15)17/h3-9H,2,10-14H2,1H3,(H,21,22). The van der Waals surface area contributed by atoms with Crippen molar-refractivity contribution in [1.29, 1.82) is 0 Å². The molecule has 0 radical (unpaired) electrons. The van der Waals surface area contributed by atoms with Crippen molar-refractivity contribution in [3.63, 3.8) is 0 Å². The summed E-state index contributed by atoms with van der Waals surface area (Å²) in [6.07, 6.45) is 1.03. The van der Waals surface area contributed by atoms with Crippen LogP contribution >= 0.6 is 0 Å². The summed E-state index contributed by atoms with van der Waals surface area (Å²) >= 11 is 0. The van der Waals surface area contributed by atoms with Gasteiger partial charge in [-0.05, 0) is 17.7 Å². The van der Waals surface area contributed by atoms with Crippen molar-refractivity contribution in [2.45, 2.75) is 19.9 Å². The molecule has 0 unspecified atom stereocenters. The molecule has 0 fully saturated rings. The zero-order chi connectivity index (χ0) is 16.4. The number of ether oxygens (including phenoxy) is 1. The van der Waals surface area contributed by atoms with Crippen LogP contribution in [-0.4, -0.2) is 41.4 Å². The SMILES string of the molecule is CCOCCN1CCc2[nH]nc(-c3cccc4ccccc34)c2C1. The summed E-state index contributed by atoms with van der Waals surface area (Å²) in [5.74, 6) is 0. The molecule has 0 atom stereocenters. The van der Waals surface area contributed by atoms with E-state index in [9.17, 15) is 0 Å². The van der Waals surface area contributed by atoms with Crippen molar-refractivity contribution in [1.82, 2.24) is 15.1 Å². The molecule has 1 aliphatic heterocycles. The monoisotopic (exact) mass is 321 g/mol. The van der Waals surface area contributed by atoms with Crippen LogP contribution in [0.4, 0.5) is 0 Å². The van der Waals surface area contributed by atoms with E-state index >= 15 is 0 Å². The van der Waals surface area contributed by atoms with Gasteiger partial charge >= 0.3 is 0 Å². The Morgan fingerprint density at radius 2 is 2.04 bits per heavy atom. The Morgan fingerprint density at radius 3 is 2.96 bits per heavy atom. The third-order valence-corrected chi connectivity index (χ3v) is 4.81. The maximum atomic E-state index is 5.51. The molecule has 0 saturated heterocycles. The third kappa shape index (κ3) is 2.83. The van der Waals surface area contributed by atoms with E-state index in [1.807, 2.05) is 6.92 Å². The van der Waals surface area contributed by atoms with E-state index in [0.29, 0.717) is 0 Å². The Hall–Kier alpha value is -2.17. The molecule has 1 aromatic heterocycles. The summed E-state index contributed by atoms with van der Waals surface area (Å²) in [5, 5.41) is 10.5. The molecule has 0 aliphatic carbocycles. The van der Waals surface area contributed by atoms with Gasteiger partial charge in [0.2, 0.25) is 0 Å². The third-order valence-electron chi connectivity index (χ3n) is 4.81. The van der Waals surface area contributed by atoms with Gasteiger partial charge in [-0.2, -0.15) is 5.10 Å². The highest BCUT2D eigenvalue weighted by molar-refractivity contribution is 5.96.